The van der Waals surface area contributed by atoms with E-state index in [-0.39, 0.29) is 5.91 Å². The highest BCUT2D eigenvalue weighted by atomic mass is 16.5. The molecule has 2 N–H and O–H groups in total. The Kier molecular flexibility index (Phi) is 7.88. The molecule has 1 amide bonds. The second-order valence-corrected chi connectivity index (χ2v) is 6.96. The first-order chi connectivity index (χ1) is 14.7. The molecule has 0 saturated carbocycles. The van der Waals surface area contributed by atoms with E-state index in [0.717, 1.165) is 50.2 Å². The highest BCUT2D eigenvalue weighted by Crippen LogP contribution is 2.17. The summed E-state index contributed by atoms with van der Waals surface area (Å²) in [7, 11) is 0. The lowest BCUT2D eigenvalue weighted by molar-refractivity contribution is -0.114. The Bertz CT molecular complexity index is 835. The molecular formula is C22H30N6O2. The van der Waals surface area contributed by atoms with Crippen LogP contribution in [0.3, 0.4) is 0 Å². The van der Waals surface area contributed by atoms with Crippen LogP contribution in [0.1, 0.15) is 13.8 Å². The standard InChI is InChI=1S/C22H30N6O2/c1-3-23-22(28-14-12-27(13-15-28)21-9-4-5-10-24-21)25-11-16-30-20-8-6-7-19(17-20)26-18(2)29/h4-10,17H,3,11-16H2,1-2H3,(H,23,25)(H,26,29). The van der Waals surface area contributed by atoms with Crippen molar-refractivity contribution in [2.75, 3.05) is 56.1 Å². The summed E-state index contributed by atoms with van der Waals surface area (Å²) in [4.78, 5) is 24.9. The minimum atomic E-state index is -0.102. The van der Waals surface area contributed by atoms with Crippen molar-refractivity contribution in [2.45, 2.75) is 13.8 Å². The Morgan fingerprint density at radius 3 is 2.70 bits per heavy atom. The summed E-state index contributed by atoms with van der Waals surface area (Å²) < 4.78 is 5.80. The maximum atomic E-state index is 11.2. The normalized spacial score (nSPS) is 14.4. The van der Waals surface area contributed by atoms with Crippen molar-refractivity contribution < 1.29 is 9.53 Å². The van der Waals surface area contributed by atoms with Crippen molar-refractivity contribution in [1.82, 2.24) is 15.2 Å². The second kappa shape index (κ2) is 11.0. The number of piperazine rings is 1. The van der Waals surface area contributed by atoms with E-state index in [0.29, 0.717) is 18.9 Å². The number of aromatic nitrogens is 1. The molecule has 160 valence electrons. The van der Waals surface area contributed by atoms with Crippen LogP contribution in [0, 0.1) is 0 Å². The van der Waals surface area contributed by atoms with Gasteiger partial charge in [-0.2, -0.15) is 0 Å². The number of ether oxygens (including phenoxy) is 1. The summed E-state index contributed by atoms with van der Waals surface area (Å²) in [6.45, 7) is 8.99. The fraction of sp³-hybridized carbons (Fsp3) is 0.409. The summed E-state index contributed by atoms with van der Waals surface area (Å²) in [6, 6.07) is 13.4. The minimum absolute atomic E-state index is 0.102. The molecular weight excluding hydrogens is 380 g/mol. The minimum Gasteiger partial charge on any atom is -0.492 e. The molecule has 1 aromatic carbocycles. The maximum Gasteiger partial charge on any atom is 0.221 e. The number of benzene rings is 1. The lowest BCUT2D eigenvalue weighted by atomic mass is 10.3. The van der Waals surface area contributed by atoms with E-state index in [1.807, 2.05) is 48.7 Å². The molecule has 3 rings (SSSR count). The van der Waals surface area contributed by atoms with Gasteiger partial charge in [-0.3, -0.25) is 4.79 Å². The van der Waals surface area contributed by atoms with E-state index in [9.17, 15) is 4.79 Å². The molecule has 1 saturated heterocycles. The number of guanidine groups is 1. The molecule has 1 aliphatic rings. The SMILES string of the molecule is CCNC(=NCCOc1cccc(NC(C)=O)c1)N1CCN(c2ccccn2)CC1. The van der Waals surface area contributed by atoms with Crippen molar-refractivity contribution >= 4 is 23.4 Å². The predicted octanol–water partition coefficient (Wildman–Crippen LogP) is 2.21. The molecule has 0 unspecified atom stereocenters. The fourth-order valence-corrected chi connectivity index (χ4v) is 3.30. The van der Waals surface area contributed by atoms with Crippen LogP contribution in [-0.2, 0) is 4.79 Å². The van der Waals surface area contributed by atoms with Gasteiger partial charge in [-0.1, -0.05) is 12.1 Å². The van der Waals surface area contributed by atoms with E-state index >= 15 is 0 Å². The van der Waals surface area contributed by atoms with Crippen LogP contribution in [0.15, 0.2) is 53.7 Å². The Hall–Kier alpha value is -3.29. The van der Waals surface area contributed by atoms with Crippen LogP contribution in [0.5, 0.6) is 5.75 Å². The van der Waals surface area contributed by atoms with Crippen LogP contribution < -0.4 is 20.3 Å². The van der Waals surface area contributed by atoms with Gasteiger partial charge in [-0.15, -0.1) is 0 Å². The maximum absolute atomic E-state index is 11.2. The number of carbonyl (C=O) groups is 1. The number of carbonyl (C=O) groups excluding carboxylic acids is 1. The zero-order chi connectivity index (χ0) is 21.2. The van der Waals surface area contributed by atoms with Crippen molar-refractivity contribution in [3.63, 3.8) is 0 Å². The lowest BCUT2D eigenvalue weighted by Crippen LogP contribution is -2.52. The Labute approximate surface area is 178 Å². The van der Waals surface area contributed by atoms with E-state index < -0.39 is 0 Å². The number of anilines is 2. The quantitative estimate of drug-likeness (QED) is 0.414. The van der Waals surface area contributed by atoms with Gasteiger partial charge in [-0.05, 0) is 31.2 Å². The largest absolute Gasteiger partial charge is 0.492 e. The first-order valence-electron chi connectivity index (χ1n) is 10.4. The lowest BCUT2D eigenvalue weighted by Gasteiger charge is -2.37. The summed E-state index contributed by atoms with van der Waals surface area (Å²) in [5.74, 6) is 2.54. The number of hydrogen-bond acceptors (Lipinski definition) is 5. The van der Waals surface area contributed by atoms with Gasteiger partial charge in [0, 0.05) is 57.6 Å². The molecule has 1 fully saturated rings. The molecule has 2 aromatic rings. The number of nitrogens with one attached hydrogen (secondary N) is 2. The molecule has 2 heterocycles. The monoisotopic (exact) mass is 410 g/mol. The number of hydrogen-bond donors (Lipinski definition) is 2. The topological polar surface area (TPSA) is 82.1 Å². The second-order valence-electron chi connectivity index (χ2n) is 6.96. The third-order valence-electron chi connectivity index (χ3n) is 4.66. The van der Waals surface area contributed by atoms with E-state index in [1.54, 1.807) is 0 Å². The first-order valence-corrected chi connectivity index (χ1v) is 10.4. The van der Waals surface area contributed by atoms with E-state index in [2.05, 4.69) is 32.3 Å². The van der Waals surface area contributed by atoms with Crippen LogP contribution in [0.2, 0.25) is 0 Å². The zero-order valence-corrected chi connectivity index (χ0v) is 17.7. The third kappa shape index (κ3) is 6.37. The van der Waals surface area contributed by atoms with Gasteiger partial charge < -0.3 is 25.2 Å². The zero-order valence-electron chi connectivity index (χ0n) is 17.7. The number of aliphatic imine (C=N–C) groups is 1. The van der Waals surface area contributed by atoms with Crippen molar-refractivity contribution in [3.05, 3.63) is 48.7 Å². The van der Waals surface area contributed by atoms with E-state index in [1.165, 1.54) is 6.92 Å². The van der Waals surface area contributed by atoms with Gasteiger partial charge in [0.1, 0.15) is 18.2 Å². The fourth-order valence-electron chi connectivity index (χ4n) is 3.30. The molecule has 0 atom stereocenters. The van der Waals surface area contributed by atoms with Gasteiger partial charge in [0.2, 0.25) is 5.91 Å². The molecule has 1 aromatic heterocycles. The summed E-state index contributed by atoms with van der Waals surface area (Å²) in [5, 5.41) is 6.13. The molecule has 8 heteroatoms. The van der Waals surface area contributed by atoms with Crippen LogP contribution in [0.25, 0.3) is 0 Å². The number of rotatable bonds is 7. The van der Waals surface area contributed by atoms with E-state index in [4.69, 9.17) is 9.73 Å². The van der Waals surface area contributed by atoms with Crippen LogP contribution in [0.4, 0.5) is 11.5 Å². The smallest absolute Gasteiger partial charge is 0.221 e. The Morgan fingerprint density at radius 1 is 1.17 bits per heavy atom. The molecule has 0 radical (unpaired) electrons. The predicted molar refractivity (Wildman–Crippen MR) is 120 cm³/mol. The molecule has 0 bridgehead atoms. The molecule has 30 heavy (non-hydrogen) atoms. The van der Waals surface area contributed by atoms with Crippen molar-refractivity contribution in [2.24, 2.45) is 4.99 Å². The van der Waals surface area contributed by atoms with Crippen molar-refractivity contribution in [1.29, 1.82) is 0 Å². The molecule has 0 spiro atoms. The summed E-state index contributed by atoms with van der Waals surface area (Å²) in [5.41, 5.74) is 0.725. The Balaban J connectivity index is 1.50. The number of nitrogens with zero attached hydrogens (tertiary/aromatic N) is 4. The molecule has 1 aliphatic heterocycles. The van der Waals surface area contributed by atoms with Gasteiger partial charge in [0.15, 0.2) is 5.96 Å². The van der Waals surface area contributed by atoms with Gasteiger partial charge >= 0.3 is 0 Å². The average molecular weight is 411 g/mol. The first kappa shape index (κ1) is 21.4. The van der Waals surface area contributed by atoms with Crippen LogP contribution in [-0.4, -0.2) is 67.6 Å². The van der Waals surface area contributed by atoms with Crippen LogP contribution >= 0.6 is 0 Å². The van der Waals surface area contributed by atoms with Gasteiger partial charge in [-0.25, -0.2) is 9.98 Å². The average Bonchev–Trinajstić information content (AvgIpc) is 2.76. The number of amides is 1. The highest BCUT2D eigenvalue weighted by Gasteiger charge is 2.20. The molecule has 8 nitrogen and oxygen atoms in total. The summed E-state index contributed by atoms with van der Waals surface area (Å²) in [6.07, 6.45) is 1.83. The third-order valence-corrected chi connectivity index (χ3v) is 4.66. The van der Waals surface area contributed by atoms with Gasteiger partial charge in [0.25, 0.3) is 0 Å². The molecule has 0 aliphatic carbocycles. The van der Waals surface area contributed by atoms with Crippen molar-refractivity contribution in [3.8, 4) is 5.75 Å². The summed E-state index contributed by atoms with van der Waals surface area (Å²) >= 11 is 0. The Morgan fingerprint density at radius 2 is 2.00 bits per heavy atom. The number of pyridine rings is 1. The highest BCUT2D eigenvalue weighted by molar-refractivity contribution is 5.88. The van der Waals surface area contributed by atoms with Gasteiger partial charge in [0.05, 0.1) is 6.54 Å².